The van der Waals surface area contributed by atoms with Crippen LogP contribution in [0, 0.1) is 0 Å². The van der Waals surface area contributed by atoms with Gasteiger partial charge in [-0.05, 0) is 19.8 Å². The van der Waals surface area contributed by atoms with E-state index in [4.69, 9.17) is 0 Å². The quantitative estimate of drug-likeness (QED) is 0.836. The molecule has 1 atom stereocenters. The van der Waals surface area contributed by atoms with Gasteiger partial charge in [-0.3, -0.25) is 5.10 Å². The first-order valence-electron chi connectivity index (χ1n) is 6.85. The Morgan fingerprint density at radius 2 is 2.16 bits per heavy atom. The van der Waals surface area contributed by atoms with E-state index in [1.807, 2.05) is 0 Å². The van der Waals surface area contributed by atoms with Crippen LogP contribution in [0.25, 0.3) is 11.0 Å². The van der Waals surface area contributed by atoms with E-state index in [9.17, 15) is 0 Å². The molecule has 104 valence electrons. The molecule has 2 heterocycles. The molecular weight excluding hydrogens is 240 g/mol. The molecule has 0 fully saturated rings. The fourth-order valence-corrected chi connectivity index (χ4v) is 1.89. The zero-order valence-electron chi connectivity index (χ0n) is 12.1. The van der Waals surface area contributed by atoms with Gasteiger partial charge in [0.2, 0.25) is 5.95 Å². The summed E-state index contributed by atoms with van der Waals surface area (Å²) in [5, 5.41) is 11.2. The molecule has 0 bridgehead atoms. The second-order valence-electron chi connectivity index (χ2n) is 4.80. The monoisotopic (exact) mass is 262 g/mol. The van der Waals surface area contributed by atoms with Crippen LogP contribution in [-0.2, 0) is 0 Å². The minimum atomic E-state index is 0.423. The van der Waals surface area contributed by atoms with Crippen molar-refractivity contribution in [2.45, 2.75) is 39.7 Å². The zero-order valence-corrected chi connectivity index (χ0v) is 12.1. The normalized spacial score (nSPS) is 12.6. The Morgan fingerprint density at radius 1 is 1.37 bits per heavy atom. The predicted octanol–water partition coefficient (Wildman–Crippen LogP) is 2.41. The molecule has 2 rings (SSSR count). The lowest BCUT2D eigenvalue weighted by Gasteiger charge is -2.25. The maximum atomic E-state index is 4.62. The number of fused-ring (bicyclic) bond motifs is 1. The van der Waals surface area contributed by atoms with Crippen LogP contribution < -0.4 is 10.2 Å². The maximum absolute atomic E-state index is 4.62. The van der Waals surface area contributed by atoms with Gasteiger partial charge in [0.05, 0.1) is 11.6 Å². The van der Waals surface area contributed by atoms with E-state index < -0.39 is 0 Å². The molecule has 0 spiro atoms. The maximum Gasteiger partial charge on any atom is 0.226 e. The summed E-state index contributed by atoms with van der Waals surface area (Å²) in [4.78, 5) is 11.2. The molecule has 0 aromatic carbocycles. The molecule has 1 unspecified atom stereocenters. The van der Waals surface area contributed by atoms with Crippen molar-refractivity contribution in [1.82, 2.24) is 20.2 Å². The highest BCUT2D eigenvalue weighted by atomic mass is 15.3. The zero-order chi connectivity index (χ0) is 13.8. The smallest absolute Gasteiger partial charge is 0.226 e. The van der Waals surface area contributed by atoms with Crippen molar-refractivity contribution in [3.05, 3.63) is 6.20 Å². The van der Waals surface area contributed by atoms with E-state index in [0.717, 1.165) is 36.2 Å². The van der Waals surface area contributed by atoms with Gasteiger partial charge in [-0.2, -0.15) is 15.1 Å². The van der Waals surface area contributed by atoms with Gasteiger partial charge in [0.15, 0.2) is 5.65 Å². The standard InChI is InChI=1S/C13H22N6/c1-5-7-14-13-16-11-10(8-15-18-11)12(17-13)19(4)9(3)6-2/h8-9H,5-7H2,1-4H3,(H2,14,15,16,17,18). The van der Waals surface area contributed by atoms with Crippen molar-refractivity contribution in [3.63, 3.8) is 0 Å². The summed E-state index contributed by atoms with van der Waals surface area (Å²) in [6, 6.07) is 0.423. The molecule has 0 aliphatic rings. The van der Waals surface area contributed by atoms with Crippen LogP contribution in [0.1, 0.15) is 33.6 Å². The van der Waals surface area contributed by atoms with E-state index in [1.54, 1.807) is 6.20 Å². The SMILES string of the molecule is CCCNc1nc(N(C)C(C)CC)c2cn[nH]c2n1. The van der Waals surface area contributed by atoms with Crippen LogP contribution >= 0.6 is 0 Å². The van der Waals surface area contributed by atoms with Crippen molar-refractivity contribution < 1.29 is 0 Å². The molecule has 2 aromatic heterocycles. The van der Waals surface area contributed by atoms with Crippen LogP contribution in [0.5, 0.6) is 0 Å². The van der Waals surface area contributed by atoms with Crippen molar-refractivity contribution >= 4 is 22.8 Å². The third-order valence-corrected chi connectivity index (χ3v) is 3.41. The lowest BCUT2D eigenvalue weighted by Crippen LogP contribution is -2.29. The molecule has 0 radical (unpaired) electrons. The van der Waals surface area contributed by atoms with E-state index >= 15 is 0 Å². The highest BCUT2D eigenvalue weighted by Crippen LogP contribution is 2.24. The Morgan fingerprint density at radius 3 is 2.84 bits per heavy atom. The first-order valence-corrected chi connectivity index (χ1v) is 6.85. The second kappa shape index (κ2) is 5.86. The molecule has 2 aromatic rings. The van der Waals surface area contributed by atoms with Gasteiger partial charge >= 0.3 is 0 Å². The van der Waals surface area contributed by atoms with E-state index in [2.05, 4.69) is 58.2 Å². The van der Waals surface area contributed by atoms with E-state index in [0.29, 0.717) is 12.0 Å². The highest BCUT2D eigenvalue weighted by Gasteiger charge is 2.16. The summed E-state index contributed by atoms with van der Waals surface area (Å²) in [7, 11) is 2.06. The average molecular weight is 262 g/mol. The molecule has 2 N–H and O–H groups in total. The molecule has 6 heteroatoms. The largest absolute Gasteiger partial charge is 0.356 e. The minimum Gasteiger partial charge on any atom is -0.356 e. The summed E-state index contributed by atoms with van der Waals surface area (Å²) >= 11 is 0. The van der Waals surface area contributed by atoms with Gasteiger partial charge in [0, 0.05) is 19.6 Å². The minimum absolute atomic E-state index is 0.423. The van der Waals surface area contributed by atoms with Crippen LogP contribution in [-0.4, -0.2) is 39.8 Å². The number of hydrogen-bond donors (Lipinski definition) is 2. The Balaban J connectivity index is 2.41. The molecule has 6 nitrogen and oxygen atoms in total. The van der Waals surface area contributed by atoms with Crippen LogP contribution in [0.2, 0.25) is 0 Å². The van der Waals surface area contributed by atoms with E-state index in [-0.39, 0.29) is 0 Å². The van der Waals surface area contributed by atoms with Gasteiger partial charge in [0.25, 0.3) is 0 Å². The predicted molar refractivity (Wildman–Crippen MR) is 78.6 cm³/mol. The molecule has 0 saturated heterocycles. The van der Waals surface area contributed by atoms with Gasteiger partial charge in [-0.15, -0.1) is 0 Å². The van der Waals surface area contributed by atoms with Crippen molar-refractivity contribution in [1.29, 1.82) is 0 Å². The molecule has 0 saturated carbocycles. The summed E-state index contributed by atoms with van der Waals surface area (Å²) in [6.45, 7) is 7.35. The summed E-state index contributed by atoms with van der Waals surface area (Å²) in [6.07, 6.45) is 3.89. The fourth-order valence-electron chi connectivity index (χ4n) is 1.89. The number of aromatic nitrogens is 4. The van der Waals surface area contributed by atoms with Gasteiger partial charge < -0.3 is 10.2 Å². The van der Waals surface area contributed by atoms with Gasteiger partial charge in [0.1, 0.15) is 5.82 Å². The first-order chi connectivity index (χ1) is 9.17. The Bertz CT molecular complexity index is 535. The van der Waals surface area contributed by atoms with Crippen LogP contribution in [0.4, 0.5) is 11.8 Å². The number of hydrogen-bond acceptors (Lipinski definition) is 5. The highest BCUT2D eigenvalue weighted by molar-refractivity contribution is 5.87. The lowest BCUT2D eigenvalue weighted by molar-refractivity contribution is 0.658. The summed E-state index contributed by atoms with van der Waals surface area (Å²) in [5.41, 5.74) is 0.777. The number of anilines is 2. The topological polar surface area (TPSA) is 69.7 Å². The summed E-state index contributed by atoms with van der Waals surface area (Å²) in [5.74, 6) is 1.58. The molecule has 0 aliphatic heterocycles. The van der Waals surface area contributed by atoms with Crippen molar-refractivity contribution in [2.24, 2.45) is 0 Å². The number of rotatable bonds is 6. The van der Waals surface area contributed by atoms with Crippen molar-refractivity contribution in [3.8, 4) is 0 Å². The summed E-state index contributed by atoms with van der Waals surface area (Å²) < 4.78 is 0. The van der Waals surface area contributed by atoms with Crippen LogP contribution in [0.15, 0.2) is 6.20 Å². The first kappa shape index (κ1) is 13.6. The molecular formula is C13H22N6. The molecule has 0 aliphatic carbocycles. The number of aromatic amines is 1. The van der Waals surface area contributed by atoms with Gasteiger partial charge in [-0.25, -0.2) is 0 Å². The average Bonchev–Trinajstić information content (AvgIpc) is 2.90. The Labute approximate surface area is 113 Å². The lowest BCUT2D eigenvalue weighted by atomic mass is 10.2. The molecule has 19 heavy (non-hydrogen) atoms. The van der Waals surface area contributed by atoms with Crippen molar-refractivity contribution in [2.75, 3.05) is 23.8 Å². The Kier molecular flexibility index (Phi) is 4.19. The van der Waals surface area contributed by atoms with Crippen LogP contribution in [0.3, 0.4) is 0 Å². The second-order valence-corrected chi connectivity index (χ2v) is 4.80. The van der Waals surface area contributed by atoms with E-state index in [1.165, 1.54) is 0 Å². The Hall–Kier alpha value is -1.85. The number of nitrogens with one attached hydrogen (secondary N) is 2. The number of nitrogens with zero attached hydrogens (tertiary/aromatic N) is 4. The third kappa shape index (κ3) is 2.77. The van der Waals surface area contributed by atoms with Gasteiger partial charge in [-0.1, -0.05) is 13.8 Å². The fraction of sp³-hybridized carbons (Fsp3) is 0.615. The molecule has 0 amide bonds. The number of H-pyrrole nitrogens is 1. The third-order valence-electron chi connectivity index (χ3n) is 3.41.